The van der Waals surface area contributed by atoms with Crippen LogP contribution in [0.1, 0.15) is 71.4 Å². The van der Waals surface area contributed by atoms with Gasteiger partial charge in [0.2, 0.25) is 41.4 Å². The van der Waals surface area contributed by atoms with Crippen LogP contribution in [0.4, 0.5) is 0 Å². The predicted molar refractivity (Wildman–Crippen MR) is 208 cm³/mol. The number of carboxylic acid groups (broad SMARTS) is 2. The van der Waals surface area contributed by atoms with Crippen LogP contribution in [0.15, 0.2) is 12.5 Å². The smallest absolute Gasteiger partial charge is 0.326 e. The van der Waals surface area contributed by atoms with Crippen molar-refractivity contribution in [3.63, 3.8) is 0 Å². The van der Waals surface area contributed by atoms with Crippen molar-refractivity contribution in [3.05, 3.63) is 18.2 Å². The molecule has 0 saturated heterocycles. The summed E-state index contributed by atoms with van der Waals surface area (Å²) in [6.07, 6.45) is 0.425. The van der Waals surface area contributed by atoms with Crippen molar-refractivity contribution >= 4 is 65.9 Å². The zero-order chi connectivity index (χ0) is 44.1. The topological polar surface area (TPSA) is 393 Å². The number of unbranched alkanes of at least 4 members (excludes halogenated alkanes) is 1. The van der Waals surface area contributed by atoms with Crippen molar-refractivity contribution in [2.45, 2.75) is 121 Å². The van der Waals surface area contributed by atoms with Crippen molar-refractivity contribution in [1.82, 2.24) is 41.9 Å². The standard InChI is InChI=1S/C34H57N11O12S/c1-16(2)26(32(54)40-20(8-10-25(48)49)29(51)41-21(34(56)57)6-4-5-11-35)44-33(55)27(17(3)46)45-30(52)22(12-18-13-38-15-39-18)42-31(53)23(14-58)43-28(50)19(36)7-9-24(37)47/h13,15-17,19-23,26-27,46,58H,4-12,14,35-36H2,1-3H3,(H2,37,47)(H,38,39)(H,40,54)(H,41,51)(H,42,53)(H,43,50)(H,44,55)(H,45,52)(H,48,49)(H,56,57)/t17-,19+,20+,21+,22+,23+,26+,27+/m1/s1. The van der Waals surface area contributed by atoms with E-state index in [1.165, 1.54) is 33.3 Å². The molecule has 23 nitrogen and oxygen atoms in total. The zero-order valence-electron chi connectivity index (χ0n) is 32.6. The molecule has 1 heterocycles. The molecule has 0 unspecified atom stereocenters. The number of hydrogen-bond donors (Lipinski definition) is 14. The SMILES string of the molecule is CC(C)[C@H](NC(=O)[C@@H](NC(=O)[C@H](Cc1cnc[nH]1)NC(=O)[C@H](CS)NC(=O)[C@@H](N)CCC(N)=O)[C@@H](C)O)C(=O)N[C@@H](CCC(=O)O)C(=O)N[C@@H](CCCCN)C(=O)O. The average molecular weight is 844 g/mol. The molecule has 0 aromatic carbocycles. The molecule has 0 saturated carbocycles. The summed E-state index contributed by atoms with van der Waals surface area (Å²) in [5.41, 5.74) is 16.7. The molecule has 0 spiro atoms. The van der Waals surface area contributed by atoms with Crippen LogP contribution in [-0.4, -0.2) is 139 Å². The number of nitrogens with two attached hydrogens (primary N) is 3. The molecule has 7 amide bonds. The van der Waals surface area contributed by atoms with Gasteiger partial charge in [0, 0.05) is 36.9 Å². The Hall–Kier alpha value is -5.33. The number of amides is 7. The van der Waals surface area contributed by atoms with E-state index in [9.17, 15) is 58.5 Å². The number of carboxylic acids is 2. The number of thiol groups is 1. The number of H-pyrrole nitrogens is 1. The van der Waals surface area contributed by atoms with E-state index in [0.717, 1.165) is 0 Å². The molecule has 1 rings (SSSR count). The van der Waals surface area contributed by atoms with Gasteiger partial charge in [-0.05, 0) is 51.5 Å². The van der Waals surface area contributed by atoms with Gasteiger partial charge in [0.1, 0.15) is 36.3 Å². The van der Waals surface area contributed by atoms with Gasteiger partial charge in [-0.2, -0.15) is 12.6 Å². The van der Waals surface area contributed by atoms with E-state index in [1.54, 1.807) is 0 Å². The summed E-state index contributed by atoms with van der Waals surface area (Å²) in [5, 5.41) is 43.8. The number of aromatic amines is 1. The first-order chi connectivity index (χ1) is 27.2. The summed E-state index contributed by atoms with van der Waals surface area (Å²) in [4.78, 5) is 121. The van der Waals surface area contributed by atoms with Gasteiger partial charge in [-0.3, -0.25) is 38.4 Å². The lowest BCUT2D eigenvalue weighted by Crippen LogP contribution is -2.62. The number of aliphatic hydroxyl groups excluding tert-OH is 1. The van der Waals surface area contributed by atoms with Gasteiger partial charge in [-0.25, -0.2) is 9.78 Å². The predicted octanol–water partition coefficient (Wildman–Crippen LogP) is -4.50. The number of primary amides is 1. The third-order valence-electron chi connectivity index (χ3n) is 8.62. The van der Waals surface area contributed by atoms with E-state index in [0.29, 0.717) is 18.5 Å². The fraction of sp³-hybridized carbons (Fsp3) is 0.647. The number of rotatable bonds is 28. The molecule has 0 bridgehead atoms. The lowest BCUT2D eigenvalue weighted by Gasteiger charge is -2.29. The Kier molecular flexibility index (Phi) is 22.6. The summed E-state index contributed by atoms with van der Waals surface area (Å²) >= 11 is 4.11. The van der Waals surface area contributed by atoms with E-state index in [-0.39, 0.29) is 38.0 Å². The molecule has 0 aliphatic heterocycles. The lowest BCUT2D eigenvalue weighted by atomic mass is 10.0. The molecule has 16 N–H and O–H groups in total. The van der Waals surface area contributed by atoms with Crippen molar-refractivity contribution in [2.75, 3.05) is 12.3 Å². The first-order valence-corrected chi connectivity index (χ1v) is 19.1. The normalized spacial score (nSPS) is 15.2. The molecule has 0 aliphatic carbocycles. The minimum atomic E-state index is -1.73. The molecule has 0 fully saturated rings. The average Bonchev–Trinajstić information content (AvgIpc) is 3.67. The molecular weight excluding hydrogens is 787 g/mol. The van der Waals surface area contributed by atoms with Crippen LogP contribution < -0.4 is 49.1 Å². The third kappa shape index (κ3) is 18.3. The molecular formula is C34H57N11O12S. The van der Waals surface area contributed by atoms with Crippen LogP contribution in [0.3, 0.4) is 0 Å². The molecule has 0 aliphatic rings. The highest BCUT2D eigenvalue weighted by Crippen LogP contribution is 2.09. The third-order valence-corrected chi connectivity index (χ3v) is 8.98. The summed E-state index contributed by atoms with van der Waals surface area (Å²) in [6, 6.07) is -10.0. The lowest BCUT2D eigenvalue weighted by molar-refractivity contribution is -0.143. The summed E-state index contributed by atoms with van der Waals surface area (Å²) in [6.45, 7) is 4.52. The maximum atomic E-state index is 13.7. The van der Waals surface area contributed by atoms with Gasteiger partial charge in [-0.15, -0.1) is 0 Å². The van der Waals surface area contributed by atoms with Gasteiger partial charge in [0.15, 0.2) is 0 Å². The number of carbonyl (C=O) groups excluding carboxylic acids is 7. The monoisotopic (exact) mass is 843 g/mol. The Labute approximate surface area is 339 Å². The molecule has 326 valence electrons. The van der Waals surface area contributed by atoms with E-state index in [1.807, 2.05) is 0 Å². The van der Waals surface area contributed by atoms with Crippen LogP contribution in [0.25, 0.3) is 0 Å². The Morgan fingerprint density at radius 2 is 1.28 bits per heavy atom. The fourth-order valence-corrected chi connectivity index (χ4v) is 5.51. The first kappa shape index (κ1) is 50.7. The van der Waals surface area contributed by atoms with Gasteiger partial charge < -0.3 is 69.4 Å². The molecule has 1 aromatic heterocycles. The minimum Gasteiger partial charge on any atom is -0.481 e. The Morgan fingerprint density at radius 3 is 1.79 bits per heavy atom. The number of aliphatic hydroxyl groups is 1. The highest BCUT2D eigenvalue weighted by atomic mass is 32.1. The Balaban J connectivity index is 3.24. The van der Waals surface area contributed by atoms with Gasteiger partial charge in [0.05, 0.1) is 18.5 Å². The number of nitrogens with one attached hydrogen (secondary N) is 7. The van der Waals surface area contributed by atoms with Crippen molar-refractivity contribution in [3.8, 4) is 0 Å². The highest BCUT2D eigenvalue weighted by molar-refractivity contribution is 7.80. The molecule has 1 aromatic rings. The fourth-order valence-electron chi connectivity index (χ4n) is 5.26. The quantitative estimate of drug-likeness (QED) is 0.0279. The van der Waals surface area contributed by atoms with Crippen LogP contribution >= 0.6 is 12.6 Å². The van der Waals surface area contributed by atoms with Crippen LogP contribution in [0.5, 0.6) is 0 Å². The number of hydrogen-bond acceptors (Lipinski definition) is 14. The summed E-state index contributed by atoms with van der Waals surface area (Å²) < 4.78 is 0. The van der Waals surface area contributed by atoms with Crippen LogP contribution in [0.2, 0.25) is 0 Å². The van der Waals surface area contributed by atoms with E-state index >= 15 is 0 Å². The Bertz CT molecular complexity index is 1560. The number of aliphatic carboxylic acids is 2. The van der Waals surface area contributed by atoms with Gasteiger partial charge in [-0.1, -0.05) is 13.8 Å². The second-order valence-electron chi connectivity index (χ2n) is 13.8. The van der Waals surface area contributed by atoms with Crippen molar-refractivity contribution in [1.29, 1.82) is 0 Å². The van der Waals surface area contributed by atoms with E-state index < -0.39 is 120 Å². The number of nitrogens with zero attached hydrogens (tertiary/aromatic N) is 1. The van der Waals surface area contributed by atoms with Crippen molar-refractivity contribution < 1.29 is 58.5 Å². The second-order valence-corrected chi connectivity index (χ2v) is 14.2. The number of aromatic nitrogens is 2. The maximum Gasteiger partial charge on any atom is 0.326 e. The Morgan fingerprint density at radius 1 is 0.724 bits per heavy atom. The minimum absolute atomic E-state index is 0.0160. The summed E-state index contributed by atoms with van der Waals surface area (Å²) in [7, 11) is 0. The first-order valence-electron chi connectivity index (χ1n) is 18.5. The maximum absolute atomic E-state index is 13.7. The zero-order valence-corrected chi connectivity index (χ0v) is 33.5. The van der Waals surface area contributed by atoms with E-state index in [2.05, 4.69) is 54.5 Å². The van der Waals surface area contributed by atoms with Gasteiger partial charge >= 0.3 is 11.9 Å². The molecule has 58 heavy (non-hydrogen) atoms. The van der Waals surface area contributed by atoms with Crippen LogP contribution in [-0.2, 0) is 49.6 Å². The summed E-state index contributed by atoms with van der Waals surface area (Å²) in [5.74, 6) is -9.94. The number of carbonyl (C=O) groups is 9. The number of imidazole rings is 1. The van der Waals surface area contributed by atoms with Crippen LogP contribution in [0, 0.1) is 5.92 Å². The van der Waals surface area contributed by atoms with E-state index in [4.69, 9.17) is 17.2 Å². The molecule has 24 heteroatoms. The molecule has 8 atom stereocenters. The highest BCUT2D eigenvalue weighted by Gasteiger charge is 2.36. The largest absolute Gasteiger partial charge is 0.481 e. The van der Waals surface area contributed by atoms with Crippen molar-refractivity contribution in [2.24, 2.45) is 23.1 Å². The molecule has 0 radical (unpaired) electrons. The second kappa shape index (κ2) is 25.8. The van der Waals surface area contributed by atoms with Gasteiger partial charge in [0.25, 0.3) is 0 Å².